The fraction of sp³-hybridized carbons (Fsp3) is 1.00. The van der Waals surface area contributed by atoms with E-state index in [0.717, 1.165) is 0 Å². The van der Waals surface area contributed by atoms with Crippen molar-refractivity contribution in [3.8, 4) is 0 Å². The van der Waals surface area contributed by atoms with Crippen LogP contribution in [0.15, 0.2) is 0 Å². The molecule has 0 aromatic rings. The van der Waals surface area contributed by atoms with Gasteiger partial charge in [-0.1, -0.05) is 0 Å². The van der Waals surface area contributed by atoms with E-state index in [-0.39, 0.29) is 21.1 Å². The van der Waals surface area contributed by atoms with Gasteiger partial charge in [0, 0.05) is 0 Å². The molecule has 29 valence electrons. The molecule has 0 atom stereocenters. The molecular weight excluding hydrogens is 167 g/mol. The fourth-order valence-corrected chi connectivity index (χ4v) is 1.68. The third kappa shape index (κ3) is 4.80. The van der Waals surface area contributed by atoms with Crippen molar-refractivity contribution in [3.63, 3.8) is 0 Å². The molecule has 0 saturated carbocycles. The molecule has 0 aromatic carbocycles. The van der Waals surface area contributed by atoms with Crippen LogP contribution in [0.2, 0.25) is 8.87 Å². The van der Waals surface area contributed by atoms with E-state index in [9.17, 15) is 0 Å². The molecule has 1 heteroatoms. The van der Waals surface area contributed by atoms with Crippen molar-refractivity contribution in [3.05, 3.63) is 0 Å². The van der Waals surface area contributed by atoms with Gasteiger partial charge < -0.3 is 0 Å². The molecule has 0 aromatic heterocycles. The van der Waals surface area contributed by atoms with Crippen LogP contribution in [0.25, 0.3) is 0 Å². The van der Waals surface area contributed by atoms with Crippen LogP contribution in [0, 0.1) is 0 Å². The number of hydrogen-bond donors (Lipinski definition) is 0. The summed E-state index contributed by atoms with van der Waals surface area (Å²) in [6, 6.07) is 0. The van der Waals surface area contributed by atoms with Gasteiger partial charge in [-0.25, -0.2) is 0 Å². The molecule has 0 aliphatic heterocycles. The van der Waals surface area contributed by atoms with Crippen molar-refractivity contribution in [2.45, 2.75) is 22.7 Å². The van der Waals surface area contributed by atoms with E-state index < -0.39 is 0 Å². The molecule has 0 aliphatic rings. The van der Waals surface area contributed by atoms with Gasteiger partial charge in [0.1, 0.15) is 0 Å². The summed E-state index contributed by atoms with van der Waals surface area (Å²) in [4.78, 5) is 0. The Morgan fingerprint density at radius 3 is 1.60 bits per heavy atom. The summed E-state index contributed by atoms with van der Waals surface area (Å²) in [6.07, 6.45) is 0. The van der Waals surface area contributed by atoms with Crippen LogP contribution in [0.5, 0.6) is 0 Å². The predicted octanol–water partition coefficient (Wildman–Crippen LogP) is 1.57. The summed E-state index contributed by atoms with van der Waals surface area (Å²) >= 11 is 0.218. The summed E-state index contributed by atoms with van der Waals surface area (Å²) < 4.78 is 3.03. The Balaban J connectivity index is 2.19. The van der Waals surface area contributed by atoms with Crippen molar-refractivity contribution in [1.82, 2.24) is 0 Å². The second-order valence-electron chi connectivity index (χ2n) is 0.957. The Labute approximate surface area is 44.2 Å². The van der Waals surface area contributed by atoms with Crippen LogP contribution < -0.4 is 0 Å². The van der Waals surface area contributed by atoms with Crippen molar-refractivity contribution in [1.29, 1.82) is 0 Å². The molecule has 0 rings (SSSR count). The van der Waals surface area contributed by atoms with Gasteiger partial charge in [-0.2, -0.15) is 0 Å². The molecule has 0 saturated heterocycles. The van der Waals surface area contributed by atoms with Crippen molar-refractivity contribution >= 4 is 21.1 Å². The summed E-state index contributed by atoms with van der Waals surface area (Å²) in [7, 11) is 0. The fourth-order valence-electron chi connectivity index (χ4n) is 0.250. The maximum atomic E-state index is 2.29. The molecule has 0 N–H and O–H groups in total. The Morgan fingerprint density at radius 2 is 1.60 bits per heavy atom. The second kappa shape index (κ2) is 4.80. The zero-order chi connectivity index (χ0) is 4.12. The molecule has 0 amide bonds. The van der Waals surface area contributed by atoms with E-state index in [0.29, 0.717) is 0 Å². The Hall–Kier alpha value is 0.799. The Kier molecular flexibility index (Phi) is 5.57. The second-order valence-corrected chi connectivity index (χ2v) is 6.42. The average molecular weight is 177 g/mol. The molecule has 0 heterocycles. The minimum absolute atomic E-state index is 0.218. The minimum atomic E-state index is 0.218. The van der Waals surface area contributed by atoms with Crippen LogP contribution in [0.3, 0.4) is 0 Å². The molecule has 5 heavy (non-hydrogen) atoms. The van der Waals surface area contributed by atoms with E-state index in [1.165, 1.54) is 8.87 Å². The van der Waals surface area contributed by atoms with Crippen molar-refractivity contribution in [2.75, 3.05) is 0 Å². The van der Waals surface area contributed by atoms with Gasteiger partial charge in [-0.05, 0) is 0 Å². The molecule has 1 radical (unpaired) electrons. The Bertz CT molecular complexity index is 11.1. The normalized spacial score (nSPS) is 7.60. The van der Waals surface area contributed by atoms with Crippen LogP contribution in [0.1, 0.15) is 13.8 Å². The van der Waals surface area contributed by atoms with E-state index in [2.05, 4.69) is 13.8 Å². The van der Waals surface area contributed by atoms with E-state index >= 15 is 0 Å². The standard InChI is InChI=1S/2C2H5.Sn/c2*1-2;/h2*1H2,2H3;/q;;+1. The molecule has 0 spiro atoms. The van der Waals surface area contributed by atoms with Gasteiger partial charge >= 0.3 is 43.9 Å². The van der Waals surface area contributed by atoms with Crippen LogP contribution in [0.4, 0.5) is 0 Å². The molecule has 0 unspecified atom stereocenters. The summed E-state index contributed by atoms with van der Waals surface area (Å²) in [5.41, 5.74) is 0. The Morgan fingerprint density at radius 1 is 1.20 bits per heavy atom. The van der Waals surface area contributed by atoms with Crippen molar-refractivity contribution < 1.29 is 0 Å². The number of rotatable bonds is 2. The molecule has 0 aliphatic carbocycles. The van der Waals surface area contributed by atoms with E-state index in [1.54, 1.807) is 0 Å². The molecule has 0 nitrogen and oxygen atoms in total. The first-order valence-corrected chi connectivity index (χ1v) is 6.16. The van der Waals surface area contributed by atoms with Gasteiger partial charge in [0.15, 0.2) is 0 Å². The van der Waals surface area contributed by atoms with Gasteiger partial charge in [-0.3, -0.25) is 0 Å². The zero-order valence-electron chi connectivity index (χ0n) is 3.91. The summed E-state index contributed by atoms with van der Waals surface area (Å²) in [5.74, 6) is 0. The van der Waals surface area contributed by atoms with Gasteiger partial charge in [0.05, 0.1) is 0 Å². The van der Waals surface area contributed by atoms with Crippen LogP contribution >= 0.6 is 0 Å². The van der Waals surface area contributed by atoms with Gasteiger partial charge in [0.25, 0.3) is 0 Å². The zero-order valence-corrected chi connectivity index (χ0v) is 6.77. The maximum absolute atomic E-state index is 2.29. The quantitative estimate of drug-likeness (QED) is 0.561. The third-order valence-electron chi connectivity index (χ3n) is 0.500. The summed E-state index contributed by atoms with van der Waals surface area (Å²) in [6.45, 7) is 4.57. The number of hydrogen-bond acceptors (Lipinski definition) is 0. The van der Waals surface area contributed by atoms with Crippen LogP contribution in [-0.4, -0.2) is 21.1 Å². The first-order valence-electron chi connectivity index (χ1n) is 2.12. The van der Waals surface area contributed by atoms with Gasteiger partial charge in [-0.15, -0.1) is 0 Å². The van der Waals surface area contributed by atoms with E-state index in [4.69, 9.17) is 0 Å². The topological polar surface area (TPSA) is 0 Å². The summed E-state index contributed by atoms with van der Waals surface area (Å²) in [5, 5.41) is 0. The average Bonchev–Trinajstić information content (AvgIpc) is 1.41. The van der Waals surface area contributed by atoms with Gasteiger partial charge in [0.2, 0.25) is 0 Å². The van der Waals surface area contributed by atoms with Crippen LogP contribution in [-0.2, 0) is 0 Å². The van der Waals surface area contributed by atoms with Crippen molar-refractivity contribution in [2.24, 2.45) is 0 Å². The molecular formula is C4H10Sn+. The predicted molar refractivity (Wildman–Crippen MR) is 26.7 cm³/mol. The molecule has 0 fully saturated rings. The first-order chi connectivity index (χ1) is 2.41. The SMILES string of the molecule is C[CH2][Sn+][CH2]C. The first kappa shape index (κ1) is 5.80. The molecule has 0 bridgehead atoms. The van der Waals surface area contributed by atoms with E-state index in [1.807, 2.05) is 0 Å². The monoisotopic (exact) mass is 178 g/mol. The third-order valence-corrected chi connectivity index (χ3v) is 3.35.